The Hall–Kier alpha value is -2.90. The van der Waals surface area contributed by atoms with Gasteiger partial charge >= 0.3 is 0 Å². The molecule has 0 saturated heterocycles. The van der Waals surface area contributed by atoms with Crippen molar-refractivity contribution in [2.24, 2.45) is 0 Å². The number of hydrogen-bond donors (Lipinski definition) is 1. The molecule has 0 radical (unpaired) electrons. The summed E-state index contributed by atoms with van der Waals surface area (Å²) in [6.07, 6.45) is 0.802. The van der Waals surface area contributed by atoms with E-state index in [2.05, 4.69) is 5.32 Å². The average Bonchev–Trinajstić information content (AvgIpc) is 2.75. The number of anilines is 2. The van der Waals surface area contributed by atoms with Crippen LogP contribution in [-0.4, -0.2) is 20.9 Å². The lowest BCUT2D eigenvalue weighted by Crippen LogP contribution is -2.38. The molecule has 1 amide bonds. The summed E-state index contributed by atoms with van der Waals surface area (Å²) < 4.78 is 41.1. The fourth-order valence-electron chi connectivity index (χ4n) is 2.96. The van der Waals surface area contributed by atoms with Crippen LogP contribution in [0.3, 0.4) is 0 Å². The van der Waals surface area contributed by atoms with Gasteiger partial charge in [0.25, 0.3) is 10.0 Å². The van der Waals surface area contributed by atoms with Gasteiger partial charge in [-0.05, 0) is 61.4 Å². The minimum Gasteiger partial charge on any atom is -0.324 e. The maximum absolute atomic E-state index is 13.4. The van der Waals surface area contributed by atoms with E-state index in [1.54, 1.807) is 24.3 Å². The molecule has 8 heteroatoms. The topological polar surface area (TPSA) is 66.5 Å². The van der Waals surface area contributed by atoms with Crippen molar-refractivity contribution in [3.05, 3.63) is 88.7 Å². The highest BCUT2D eigenvalue weighted by atomic mass is 35.5. The quantitative estimate of drug-likeness (QED) is 0.528. The first-order valence-corrected chi connectivity index (χ1v) is 11.5. The van der Waals surface area contributed by atoms with Crippen molar-refractivity contribution in [1.82, 2.24) is 0 Å². The van der Waals surface area contributed by atoms with Crippen molar-refractivity contribution >= 4 is 38.9 Å². The molecule has 3 aromatic carbocycles. The minimum absolute atomic E-state index is 0.0790. The van der Waals surface area contributed by atoms with Crippen molar-refractivity contribution in [2.75, 3.05) is 16.2 Å². The molecule has 0 heterocycles. The summed E-state index contributed by atoms with van der Waals surface area (Å²) in [5, 5.41) is 2.43. The van der Waals surface area contributed by atoms with Crippen LogP contribution in [0.1, 0.15) is 18.1 Å². The molecule has 1 N–H and O–H groups in total. The molecule has 31 heavy (non-hydrogen) atoms. The Morgan fingerprint density at radius 2 is 1.68 bits per heavy atom. The van der Waals surface area contributed by atoms with Gasteiger partial charge in [-0.15, -0.1) is 0 Å². The van der Waals surface area contributed by atoms with Crippen molar-refractivity contribution in [3.63, 3.8) is 0 Å². The first kappa shape index (κ1) is 22.8. The highest BCUT2D eigenvalue weighted by Crippen LogP contribution is 2.25. The highest BCUT2D eigenvalue weighted by Gasteiger charge is 2.27. The lowest BCUT2D eigenvalue weighted by molar-refractivity contribution is -0.114. The number of halogens is 2. The van der Waals surface area contributed by atoms with Crippen LogP contribution < -0.4 is 9.62 Å². The maximum atomic E-state index is 13.4. The van der Waals surface area contributed by atoms with Crippen LogP contribution in [0.2, 0.25) is 5.02 Å². The van der Waals surface area contributed by atoms with Gasteiger partial charge in [0.2, 0.25) is 5.91 Å². The Morgan fingerprint density at radius 1 is 1.03 bits per heavy atom. The number of nitrogens with zero attached hydrogens (tertiary/aromatic N) is 1. The van der Waals surface area contributed by atoms with E-state index in [9.17, 15) is 17.6 Å². The van der Waals surface area contributed by atoms with Gasteiger partial charge in [-0.25, -0.2) is 12.8 Å². The molecular formula is C23H22ClFN2O3S. The van der Waals surface area contributed by atoms with Crippen LogP contribution in [0.4, 0.5) is 15.8 Å². The van der Waals surface area contributed by atoms with Crippen molar-refractivity contribution < 1.29 is 17.6 Å². The number of aryl methyl sites for hydroxylation is 2. The van der Waals surface area contributed by atoms with E-state index in [1.807, 2.05) is 26.0 Å². The second-order valence-corrected chi connectivity index (χ2v) is 9.29. The van der Waals surface area contributed by atoms with Crippen LogP contribution in [0.15, 0.2) is 71.6 Å². The molecule has 0 spiro atoms. The number of carbonyl (C=O) groups is 1. The van der Waals surface area contributed by atoms with Crippen molar-refractivity contribution in [3.8, 4) is 0 Å². The van der Waals surface area contributed by atoms with Crippen LogP contribution in [0, 0.1) is 12.7 Å². The van der Waals surface area contributed by atoms with E-state index in [0.29, 0.717) is 5.69 Å². The molecule has 0 bridgehead atoms. The smallest absolute Gasteiger partial charge is 0.264 e. The van der Waals surface area contributed by atoms with Gasteiger partial charge in [0.15, 0.2) is 0 Å². The van der Waals surface area contributed by atoms with Crippen LogP contribution in [0.5, 0.6) is 0 Å². The van der Waals surface area contributed by atoms with Crippen LogP contribution in [-0.2, 0) is 21.2 Å². The number of benzene rings is 3. The summed E-state index contributed by atoms with van der Waals surface area (Å²) >= 11 is 5.76. The molecule has 3 aromatic rings. The zero-order valence-corrected chi connectivity index (χ0v) is 18.7. The first-order chi connectivity index (χ1) is 14.7. The molecule has 0 aliphatic carbocycles. The molecule has 0 aromatic heterocycles. The van der Waals surface area contributed by atoms with Gasteiger partial charge in [0.1, 0.15) is 12.4 Å². The Labute approximate surface area is 186 Å². The van der Waals surface area contributed by atoms with E-state index < -0.39 is 28.3 Å². The number of rotatable bonds is 7. The minimum atomic E-state index is -4.01. The molecule has 3 rings (SSSR count). The third-order valence-electron chi connectivity index (χ3n) is 4.73. The number of sulfonamides is 1. The van der Waals surface area contributed by atoms with Gasteiger partial charge < -0.3 is 5.32 Å². The zero-order chi connectivity index (χ0) is 22.6. The second kappa shape index (κ2) is 9.49. The predicted octanol–water partition coefficient (Wildman–Crippen LogP) is 5.18. The van der Waals surface area contributed by atoms with Gasteiger partial charge in [0.05, 0.1) is 15.6 Å². The average molecular weight is 461 g/mol. The largest absolute Gasteiger partial charge is 0.324 e. The predicted molar refractivity (Wildman–Crippen MR) is 122 cm³/mol. The van der Waals surface area contributed by atoms with Crippen LogP contribution in [0.25, 0.3) is 0 Å². The summed E-state index contributed by atoms with van der Waals surface area (Å²) in [4.78, 5) is 12.8. The highest BCUT2D eigenvalue weighted by molar-refractivity contribution is 7.92. The summed E-state index contributed by atoms with van der Waals surface area (Å²) in [6.45, 7) is 3.40. The molecule has 0 fully saturated rings. The number of nitrogens with one attached hydrogen (secondary N) is 1. The Morgan fingerprint density at radius 3 is 2.26 bits per heavy atom. The number of carbonyl (C=O) groups excluding carboxylic acids is 1. The Kier molecular flexibility index (Phi) is 6.97. The van der Waals surface area contributed by atoms with Gasteiger partial charge in [-0.2, -0.15) is 0 Å². The first-order valence-electron chi connectivity index (χ1n) is 9.64. The molecule has 162 valence electrons. The molecule has 5 nitrogen and oxygen atoms in total. The van der Waals surface area contributed by atoms with Gasteiger partial charge in [-0.1, -0.05) is 48.4 Å². The molecular weight excluding hydrogens is 439 g/mol. The Balaban J connectivity index is 1.93. The summed E-state index contributed by atoms with van der Waals surface area (Å²) in [5.41, 5.74) is 2.60. The SMILES string of the molecule is CCc1ccc(N(CC(=O)Nc2ccc(F)c(Cl)c2)S(=O)(=O)c2ccc(C)cc2)cc1. The standard InChI is InChI=1S/C23H22ClFN2O3S/c1-3-17-6-9-19(10-7-17)27(31(29,30)20-11-4-16(2)5-12-20)15-23(28)26-18-8-13-22(25)21(24)14-18/h4-14H,3,15H2,1-2H3,(H,26,28). The van der Waals surface area contributed by atoms with E-state index in [4.69, 9.17) is 11.6 Å². The summed E-state index contributed by atoms with van der Waals surface area (Å²) in [5.74, 6) is -1.20. The summed E-state index contributed by atoms with van der Waals surface area (Å²) in [6, 6.07) is 17.2. The van der Waals surface area contributed by atoms with E-state index >= 15 is 0 Å². The second-order valence-electron chi connectivity index (χ2n) is 7.02. The van der Waals surface area contributed by atoms with Gasteiger partial charge in [-0.3, -0.25) is 9.10 Å². The van der Waals surface area contributed by atoms with Gasteiger partial charge in [0, 0.05) is 5.69 Å². The maximum Gasteiger partial charge on any atom is 0.264 e. The third-order valence-corrected chi connectivity index (χ3v) is 6.81. The number of amides is 1. The molecule has 0 aliphatic heterocycles. The zero-order valence-electron chi connectivity index (χ0n) is 17.1. The number of hydrogen-bond acceptors (Lipinski definition) is 3. The van der Waals surface area contributed by atoms with E-state index in [0.717, 1.165) is 27.9 Å². The molecule has 0 saturated carbocycles. The third kappa shape index (κ3) is 5.42. The van der Waals surface area contributed by atoms with Crippen LogP contribution >= 0.6 is 11.6 Å². The normalized spacial score (nSPS) is 11.2. The van der Waals surface area contributed by atoms with Crippen molar-refractivity contribution in [1.29, 1.82) is 0 Å². The molecule has 0 unspecified atom stereocenters. The lowest BCUT2D eigenvalue weighted by Gasteiger charge is -2.24. The fraction of sp³-hybridized carbons (Fsp3) is 0.174. The fourth-order valence-corrected chi connectivity index (χ4v) is 4.56. The monoisotopic (exact) mass is 460 g/mol. The Bertz CT molecular complexity index is 1180. The molecule has 0 aliphatic rings. The molecule has 0 atom stereocenters. The van der Waals surface area contributed by atoms with E-state index in [-0.39, 0.29) is 15.6 Å². The lowest BCUT2D eigenvalue weighted by atomic mass is 10.1. The summed E-state index contributed by atoms with van der Waals surface area (Å²) in [7, 11) is -4.01. The van der Waals surface area contributed by atoms with E-state index in [1.165, 1.54) is 24.3 Å². The van der Waals surface area contributed by atoms with Crippen molar-refractivity contribution in [2.45, 2.75) is 25.2 Å².